The van der Waals surface area contributed by atoms with Gasteiger partial charge in [-0.25, -0.2) is 0 Å². The number of hydrogen-bond donors (Lipinski definition) is 2. The zero-order valence-corrected chi connectivity index (χ0v) is 7.25. The molecule has 1 rings (SSSR count). The van der Waals surface area contributed by atoms with Gasteiger partial charge in [-0.2, -0.15) is 0 Å². The van der Waals surface area contributed by atoms with Gasteiger partial charge in [-0.1, -0.05) is 0 Å². The van der Waals surface area contributed by atoms with Gasteiger partial charge < -0.3 is 0 Å². The van der Waals surface area contributed by atoms with Crippen molar-refractivity contribution in [2.45, 2.75) is 0 Å². The van der Waals surface area contributed by atoms with Crippen LogP contribution in [0.15, 0.2) is 15.8 Å². The molecule has 3 radical (unpaired) electrons. The first-order valence-corrected chi connectivity index (χ1v) is 3.66. The Balaban J connectivity index is 3.52. The molecule has 0 aliphatic rings. The van der Waals surface area contributed by atoms with Crippen LogP contribution in [0.1, 0.15) is 0 Å². The zero-order chi connectivity index (χ0) is 6.85. The molecular formula is C4H3N2O2Sn. The maximum absolute atomic E-state index is 10.6. The normalized spacial score (nSPS) is 9.44. The molecule has 1 aromatic rings. The van der Waals surface area contributed by atoms with Gasteiger partial charge in [0.05, 0.1) is 0 Å². The molecule has 9 heavy (non-hydrogen) atoms. The van der Waals surface area contributed by atoms with Crippen molar-refractivity contribution in [3.63, 3.8) is 0 Å². The molecule has 0 aromatic carbocycles. The third kappa shape index (κ3) is 1.44. The van der Waals surface area contributed by atoms with Gasteiger partial charge in [0.25, 0.3) is 0 Å². The van der Waals surface area contributed by atoms with Crippen molar-refractivity contribution >= 4 is 26.1 Å². The topological polar surface area (TPSA) is 65.7 Å². The minimum absolute atomic E-state index is 0.294. The molecule has 1 heterocycles. The Hall–Kier alpha value is -0.521. The average Bonchev–Trinajstić information content (AvgIpc) is 1.80. The van der Waals surface area contributed by atoms with E-state index in [2.05, 4.69) is 9.97 Å². The SMILES string of the molecule is O=c1[nH]c[c]([Sn])c(=O)[nH]1. The number of aromatic nitrogens is 2. The van der Waals surface area contributed by atoms with Crippen LogP contribution in [-0.4, -0.2) is 32.5 Å². The first-order chi connectivity index (χ1) is 4.20. The standard InChI is InChI=1S/C4H3N2O2.Sn/c7-3-1-2-5-4(8)6-3;/h2H,(H2,5,6,7,8);. The van der Waals surface area contributed by atoms with Crippen LogP contribution in [-0.2, 0) is 0 Å². The molecule has 4 nitrogen and oxygen atoms in total. The minimum atomic E-state index is -0.453. The second kappa shape index (κ2) is 2.38. The number of nitrogens with one attached hydrogen (secondary N) is 2. The molecule has 0 aliphatic carbocycles. The van der Waals surface area contributed by atoms with Crippen LogP contribution >= 0.6 is 0 Å². The predicted molar refractivity (Wildman–Crippen MR) is 33.1 cm³/mol. The summed E-state index contributed by atoms with van der Waals surface area (Å²) in [4.78, 5) is 25.4. The van der Waals surface area contributed by atoms with Crippen molar-refractivity contribution in [3.8, 4) is 0 Å². The second-order valence-corrected chi connectivity index (χ2v) is 3.02. The molecule has 0 spiro atoms. The van der Waals surface area contributed by atoms with E-state index in [0.29, 0.717) is 3.58 Å². The van der Waals surface area contributed by atoms with Crippen LogP contribution in [0.4, 0.5) is 0 Å². The van der Waals surface area contributed by atoms with Gasteiger partial charge in [0.2, 0.25) is 0 Å². The Morgan fingerprint density at radius 3 is 2.56 bits per heavy atom. The van der Waals surface area contributed by atoms with Crippen molar-refractivity contribution in [3.05, 3.63) is 27.0 Å². The van der Waals surface area contributed by atoms with E-state index in [1.165, 1.54) is 6.20 Å². The quantitative estimate of drug-likeness (QED) is 0.499. The summed E-state index contributed by atoms with van der Waals surface area (Å²) in [6.45, 7) is 0. The molecule has 5 heteroatoms. The summed E-state index contributed by atoms with van der Waals surface area (Å²) in [5, 5.41) is 0. The molecule has 0 fully saturated rings. The first kappa shape index (κ1) is 6.60. The second-order valence-electron chi connectivity index (χ2n) is 1.49. The molecule has 0 unspecified atom stereocenters. The Morgan fingerprint density at radius 1 is 1.44 bits per heavy atom. The van der Waals surface area contributed by atoms with Gasteiger partial charge in [0.1, 0.15) is 0 Å². The van der Waals surface area contributed by atoms with Crippen LogP contribution in [0.25, 0.3) is 0 Å². The summed E-state index contributed by atoms with van der Waals surface area (Å²) < 4.78 is 0.599. The monoisotopic (exact) mass is 231 g/mol. The Bertz CT molecular complexity index is 313. The van der Waals surface area contributed by atoms with Crippen molar-refractivity contribution in [2.24, 2.45) is 0 Å². The van der Waals surface area contributed by atoms with Crippen molar-refractivity contribution < 1.29 is 0 Å². The third-order valence-corrected chi connectivity index (χ3v) is 1.88. The molecule has 0 bridgehead atoms. The van der Waals surface area contributed by atoms with E-state index in [0.717, 1.165) is 22.5 Å². The number of rotatable bonds is 0. The number of hydrogen-bond acceptors (Lipinski definition) is 2. The molecule has 1 aromatic heterocycles. The first-order valence-electron chi connectivity index (χ1n) is 2.24. The van der Waals surface area contributed by atoms with E-state index >= 15 is 0 Å². The molecule has 0 amide bonds. The molecule has 0 saturated heterocycles. The van der Waals surface area contributed by atoms with Gasteiger partial charge in [-0.05, 0) is 0 Å². The summed E-state index contributed by atoms with van der Waals surface area (Å²) in [6, 6.07) is 0. The van der Waals surface area contributed by atoms with Crippen LogP contribution in [0, 0.1) is 0 Å². The fraction of sp³-hybridized carbons (Fsp3) is 0. The van der Waals surface area contributed by atoms with Crippen LogP contribution < -0.4 is 14.8 Å². The molecule has 45 valence electrons. The van der Waals surface area contributed by atoms with Gasteiger partial charge in [0.15, 0.2) is 0 Å². The van der Waals surface area contributed by atoms with Crippen LogP contribution in [0.2, 0.25) is 0 Å². The van der Waals surface area contributed by atoms with E-state index in [4.69, 9.17) is 0 Å². The maximum atomic E-state index is 10.6. The van der Waals surface area contributed by atoms with Gasteiger partial charge in [0, 0.05) is 0 Å². The zero-order valence-electron chi connectivity index (χ0n) is 4.39. The van der Waals surface area contributed by atoms with Gasteiger partial charge in [-0.3, -0.25) is 0 Å². The Labute approximate surface area is 63.4 Å². The number of aromatic amines is 2. The van der Waals surface area contributed by atoms with Crippen molar-refractivity contribution in [1.29, 1.82) is 0 Å². The summed E-state index contributed by atoms with van der Waals surface area (Å²) in [5.41, 5.74) is -0.747. The van der Waals surface area contributed by atoms with Crippen LogP contribution in [0.3, 0.4) is 0 Å². The number of H-pyrrole nitrogens is 2. The van der Waals surface area contributed by atoms with E-state index < -0.39 is 5.69 Å². The van der Waals surface area contributed by atoms with Gasteiger partial charge in [-0.15, -0.1) is 0 Å². The van der Waals surface area contributed by atoms with Gasteiger partial charge >= 0.3 is 63.1 Å². The van der Waals surface area contributed by atoms with E-state index in [-0.39, 0.29) is 5.56 Å². The van der Waals surface area contributed by atoms with E-state index in [1.807, 2.05) is 0 Å². The molecule has 2 N–H and O–H groups in total. The predicted octanol–water partition coefficient (Wildman–Crippen LogP) is -2.14. The average molecular weight is 230 g/mol. The summed E-state index contributed by atoms with van der Waals surface area (Å²) >= 11 is 0.998. The van der Waals surface area contributed by atoms with Crippen LogP contribution in [0.5, 0.6) is 0 Å². The molecule has 0 saturated carbocycles. The Kier molecular flexibility index (Phi) is 1.75. The van der Waals surface area contributed by atoms with E-state index in [1.54, 1.807) is 0 Å². The third-order valence-electron chi connectivity index (χ3n) is 0.819. The summed E-state index contributed by atoms with van der Waals surface area (Å²) in [7, 11) is 0. The van der Waals surface area contributed by atoms with E-state index in [9.17, 15) is 9.59 Å². The fourth-order valence-corrected chi connectivity index (χ4v) is 0.794. The van der Waals surface area contributed by atoms with Crippen molar-refractivity contribution in [2.75, 3.05) is 0 Å². The summed E-state index contributed by atoms with van der Waals surface area (Å²) in [6.07, 6.45) is 1.42. The molecular weight excluding hydrogens is 227 g/mol. The molecule has 0 atom stereocenters. The molecule has 0 aliphatic heterocycles. The summed E-state index contributed by atoms with van der Waals surface area (Å²) in [5.74, 6) is 0. The van der Waals surface area contributed by atoms with Crippen molar-refractivity contribution in [1.82, 2.24) is 9.97 Å². The fourth-order valence-electron chi connectivity index (χ4n) is 0.410. The Morgan fingerprint density at radius 2 is 2.11 bits per heavy atom.